The van der Waals surface area contributed by atoms with Crippen molar-refractivity contribution in [1.82, 2.24) is 5.32 Å². The summed E-state index contributed by atoms with van der Waals surface area (Å²) in [5.41, 5.74) is 16.0. The molecule has 2 aliphatic heterocycles. The minimum absolute atomic E-state index is 0.0339. The van der Waals surface area contributed by atoms with E-state index < -0.39 is 0 Å². The number of nitrogens with one attached hydrogen (secondary N) is 1. The molecule has 0 aliphatic carbocycles. The summed E-state index contributed by atoms with van der Waals surface area (Å²) in [6.45, 7) is 11.1. The van der Waals surface area contributed by atoms with Crippen LogP contribution in [-0.4, -0.2) is 42.9 Å². The monoisotopic (exact) mass is 565 g/mol. The van der Waals surface area contributed by atoms with Gasteiger partial charge in [-0.25, -0.2) is 0 Å². The number of allylic oxidation sites excluding steroid dienone is 6. The quantitative estimate of drug-likeness (QED) is 0.0669. The van der Waals surface area contributed by atoms with Crippen LogP contribution >= 0.6 is 0 Å². The molecule has 0 saturated heterocycles. The summed E-state index contributed by atoms with van der Waals surface area (Å²) in [6.07, 6.45) is 15.0. The number of anilines is 1. The fraction of sp³-hybridized carbons (Fsp3) is 0.429. The molecule has 0 spiro atoms. The molecule has 7 nitrogen and oxygen atoms in total. The summed E-state index contributed by atoms with van der Waals surface area (Å²) in [5, 5.41) is 6.40. The third-order valence-electron chi connectivity index (χ3n) is 8.58. The third-order valence-corrected chi connectivity index (χ3v) is 8.58. The first-order valence-electron chi connectivity index (χ1n) is 15.1. The lowest BCUT2D eigenvalue weighted by Gasteiger charge is -2.27. The van der Waals surface area contributed by atoms with Crippen molar-refractivity contribution in [3.05, 3.63) is 106 Å². The van der Waals surface area contributed by atoms with Crippen LogP contribution in [0, 0.1) is 0 Å². The van der Waals surface area contributed by atoms with Gasteiger partial charge in [0.1, 0.15) is 7.05 Å². The topological polar surface area (TPSA) is 84.1 Å². The van der Waals surface area contributed by atoms with E-state index in [-0.39, 0.29) is 16.7 Å². The van der Waals surface area contributed by atoms with Gasteiger partial charge in [0.05, 0.1) is 5.41 Å². The second-order valence-electron chi connectivity index (χ2n) is 12.1. The zero-order valence-electron chi connectivity index (χ0n) is 25.8. The Kier molecular flexibility index (Phi) is 10.1. The maximum atomic E-state index is 12.1. The van der Waals surface area contributed by atoms with E-state index in [9.17, 15) is 4.79 Å². The van der Waals surface area contributed by atoms with Gasteiger partial charge in [-0.3, -0.25) is 4.79 Å². The SMILES string of the molecule is C[N+]1=C(/C=C/C=C/C=C2\N(CCCCCC(=O)NCCCN=[N+]=[N-])c3ccccc3C2(C)C)C(C)(C)c2ccccc21. The number of hydrogen-bond donors (Lipinski definition) is 1. The zero-order valence-corrected chi connectivity index (χ0v) is 25.8. The summed E-state index contributed by atoms with van der Waals surface area (Å²) < 4.78 is 2.30. The Balaban J connectivity index is 1.38. The van der Waals surface area contributed by atoms with Crippen molar-refractivity contribution < 1.29 is 9.37 Å². The summed E-state index contributed by atoms with van der Waals surface area (Å²) in [6, 6.07) is 17.3. The molecule has 0 saturated carbocycles. The Morgan fingerprint density at radius 1 is 0.952 bits per heavy atom. The van der Waals surface area contributed by atoms with Gasteiger partial charge in [0.25, 0.3) is 0 Å². The normalized spacial score (nSPS) is 17.6. The van der Waals surface area contributed by atoms with Crippen LogP contribution in [0.2, 0.25) is 0 Å². The van der Waals surface area contributed by atoms with Crippen molar-refractivity contribution in [2.75, 3.05) is 31.6 Å². The number of hydrogen-bond acceptors (Lipinski definition) is 3. The highest BCUT2D eigenvalue weighted by molar-refractivity contribution is 6.03. The molecule has 4 rings (SSSR count). The number of nitrogens with zero attached hydrogens (tertiary/aromatic N) is 5. The van der Waals surface area contributed by atoms with Crippen LogP contribution in [-0.2, 0) is 15.6 Å². The molecule has 7 heteroatoms. The van der Waals surface area contributed by atoms with Crippen LogP contribution < -0.4 is 10.2 Å². The smallest absolute Gasteiger partial charge is 0.219 e. The highest BCUT2D eigenvalue weighted by atomic mass is 16.1. The largest absolute Gasteiger partial charge is 0.356 e. The van der Waals surface area contributed by atoms with E-state index in [0.29, 0.717) is 25.9 Å². The van der Waals surface area contributed by atoms with E-state index in [1.54, 1.807) is 0 Å². The highest BCUT2D eigenvalue weighted by Gasteiger charge is 2.42. The summed E-state index contributed by atoms with van der Waals surface area (Å²) in [4.78, 5) is 17.3. The number of carbonyl (C=O) groups is 1. The standard InChI is InChI=1S/C35H44N6O/c1-34(2)27-17-11-13-19-29(27)40(5)31(34)21-8-6-9-22-32-35(3,4)28-18-12-14-20-30(28)41(32)26-15-7-10-23-33(42)37-24-16-25-38-39-36/h6,8-9,11-14,17-22H,7,10,15-16,23-26H2,1-5H3/p+1. The van der Waals surface area contributed by atoms with Crippen LogP contribution in [0.1, 0.15) is 70.9 Å². The molecular formula is C35H45N6O+. The van der Waals surface area contributed by atoms with E-state index in [2.05, 4.69) is 138 Å². The van der Waals surface area contributed by atoms with Crippen LogP contribution in [0.5, 0.6) is 0 Å². The maximum absolute atomic E-state index is 12.1. The van der Waals surface area contributed by atoms with Gasteiger partial charge in [0.15, 0.2) is 5.71 Å². The van der Waals surface area contributed by atoms with Crippen molar-refractivity contribution in [1.29, 1.82) is 0 Å². The summed E-state index contributed by atoms with van der Waals surface area (Å²) in [5.74, 6) is 0.0663. The second-order valence-corrected chi connectivity index (χ2v) is 12.1. The number of amides is 1. The minimum atomic E-state index is -0.0931. The lowest BCUT2D eigenvalue weighted by Crippen LogP contribution is -2.27. The van der Waals surface area contributed by atoms with Crippen molar-refractivity contribution in [3.8, 4) is 0 Å². The van der Waals surface area contributed by atoms with E-state index in [1.807, 2.05) is 0 Å². The van der Waals surface area contributed by atoms with Crippen LogP contribution in [0.4, 0.5) is 11.4 Å². The Bertz CT molecular complexity index is 1460. The third kappa shape index (κ3) is 6.69. The van der Waals surface area contributed by atoms with Crippen LogP contribution in [0.15, 0.2) is 89.7 Å². The molecule has 2 aliphatic rings. The van der Waals surface area contributed by atoms with E-state index in [4.69, 9.17) is 5.53 Å². The van der Waals surface area contributed by atoms with E-state index in [0.717, 1.165) is 25.8 Å². The van der Waals surface area contributed by atoms with Gasteiger partial charge >= 0.3 is 0 Å². The number of unbranched alkanes of at least 4 members (excludes halogenated alkanes) is 2. The lowest BCUT2D eigenvalue weighted by molar-refractivity contribution is -0.401. The molecule has 0 aromatic heterocycles. The molecule has 0 atom stereocenters. The van der Waals surface area contributed by atoms with Gasteiger partial charge in [-0.15, -0.1) is 0 Å². The van der Waals surface area contributed by atoms with Gasteiger partial charge in [0, 0.05) is 65.5 Å². The molecule has 0 bridgehead atoms. The van der Waals surface area contributed by atoms with E-state index in [1.165, 1.54) is 33.9 Å². The molecule has 0 unspecified atom stereocenters. The average Bonchev–Trinajstić information content (AvgIpc) is 3.31. The van der Waals surface area contributed by atoms with Crippen LogP contribution in [0.3, 0.4) is 0 Å². The number of para-hydroxylation sites is 2. The number of fused-ring (bicyclic) bond motifs is 2. The van der Waals surface area contributed by atoms with Crippen LogP contribution in [0.25, 0.3) is 10.4 Å². The second kappa shape index (κ2) is 13.7. The molecule has 0 radical (unpaired) electrons. The van der Waals surface area contributed by atoms with Gasteiger partial charge in [0.2, 0.25) is 11.6 Å². The maximum Gasteiger partial charge on any atom is 0.219 e. The lowest BCUT2D eigenvalue weighted by atomic mass is 9.81. The number of carbonyl (C=O) groups excluding carboxylic acids is 1. The first-order valence-corrected chi connectivity index (χ1v) is 15.1. The minimum Gasteiger partial charge on any atom is -0.356 e. The predicted molar refractivity (Wildman–Crippen MR) is 174 cm³/mol. The Morgan fingerprint density at radius 3 is 2.45 bits per heavy atom. The predicted octanol–water partition coefficient (Wildman–Crippen LogP) is 7.86. The molecular weight excluding hydrogens is 520 g/mol. The Hall–Kier alpha value is -4.09. The van der Waals surface area contributed by atoms with Gasteiger partial charge in [-0.05, 0) is 56.3 Å². The first-order chi connectivity index (χ1) is 20.2. The highest BCUT2D eigenvalue weighted by Crippen LogP contribution is 2.47. The zero-order chi connectivity index (χ0) is 30.2. The Labute approximate surface area is 251 Å². The molecule has 1 amide bonds. The molecule has 2 aromatic carbocycles. The fourth-order valence-electron chi connectivity index (χ4n) is 6.28. The van der Waals surface area contributed by atoms with Gasteiger partial charge < -0.3 is 10.2 Å². The fourth-order valence-corrected chi connectivity index (χ4v) is 6.28. The van der Waals surface area contributed by atoms with Gasteiger partial charge in [-0.2, -0.15) is 4.58 Å². The number of azide groups is 1. The molecule has 220 valence electrons. The summed E-state index contributed by atoms with van der Waals surface area (Å²) >= 11 is 0. The number of rotatable bonds is 13. The van der Waals surface area contributed by atoms with Crippen molar-refractivity contribution in [2.45, 2.75) is 70.6 Å². The Morgan fingerprint density at radius 2 is 1.69 bits per heavy atom. The van der Waals surface area contributed by atoms with Gasteiger partial charge in [-0.1, -0.05) is 80.0 Å². The molecule has 42 heavy (non-hydrogen) atoms. The molecule has 2 heterocycles. The van der Waals surface area contributed by atoms with Crippen molar-refractivity contribution in [3.63, 3.8) is 0 Å². The van der Waals surface area contributed by atoms with E-state index >= 15 is 0 Å². The summed E-state index contributed by atoms with van der Waals surface area (Å²) in [7, 11) is 2.15. The average molecular weight is 566 g/mol. The molecule has 0 fully saturated rings. The first kappa shape index (κ1) is 30.9. The number of benzene rings is 2. The van der Waals surface area contributed by atoms with Crippen molar-refractivity contribution >= 4 is 23.0 Å². The molecule has 1 N–H and O–H groups in total. The van der Waals surface area contributed by atoms with Crippen molar-refractivity contribution in [2.24, 2.45) is 5.11 Å². The molecule has 2 aromatic rings.